The van der Waals surface area contributed by atoms with E-state index >= 15 is 0 Å². The molecule has 1 aromatic rings. The Morgan fingerprint density at radius 3 is 2.80 bits per heavy atom. The first-order valence-corrected chi connectivity index (χ1v) is 7.40. The maximum Gasteiger partial charge on any atom is 0.311 e. The summed E-state index contributed by atoms with van der Waals surface area (Å²) in [5, 5.41) is 14.5. The Morgan fingerprint density at radius 2 is 2.25 bits per heavy atom. The third-order valence-corrected chi connectivity index (χ3v) is 3.10. The predicted octanol–water partition coefficient (Wildman–Crippen LogP) is 2.90. The Balaban J connectivity index is 3.07. The minimum atomic E-state index is -0.552. The molecule has 0 fully saturated rings. The summed E-state index contributed by atoms with van der Waals surface area (Å²) in [7, 11) is 0. The molecule has 110 valence electrons. The summed E-state index contributed by atoms with van der Waals surface area (Å²) in [6, 6.07) is 4.29. The second-order valence-electron chi connectivity index (χ2n) is 4.20. The Labute approximate surface area is 125 Å². The van der Waals surface area contributed by atoms with Crippen molar-refractivity contribution >= 4 is 27.5 Å². The normalized spacial score (nSPS) is 11.8. The van der Waals surface area contributed by atoms with Crippen molar-refractivity contribution in [2.24, 2.45) is 0 Å². The van der Waals surface area contributed by atoms with Gasteiger partial charge in [-0.15, -0.1) is 0 Å². The second kappa shape index (κ2) is 7.84. The highest BCUT2D eigenvalue weighted by atomic mass is 79.9. The molecule has 0 aromatic heterocycles. The molecule has 6 nitrogen and oxygen atoms in total. The van der Waals surface area contributed by atoms with Crippen molar-refractivity contribution in [2.45, 2.75) is 26.3 Å². The Morgan fingerprint density at radius 1 is 1.55 bits per heavy atom. The molecule has 1 amide bonds. The fraction of sp³-hybridized carbons (Fsp3) is 0.462. The number of hydrogen-bond donors (Lipinski definition) is 1. The summed E-state index contributed by atoms with van der Waals surface area (Å²) in [6.45, 7) is 3.84. The molecular formula is C13H17BrN2O4. The van der Waals surface area contributed by atoms with E-state index in [1.807, 2.05) is 6.92 Å². The molecule has 0 aliphatic rings. The van der Waals surface area contributed by atoms with E-state index < -0.39 is 4.92 Å². The topological polar surface area (TPSA) is 81.5 Å². The number of rotatable bonds is 7. The number of nitrogens with zero attached hydrogens (tertiary/aromatic N) is 1. The van der Waals surface area contributed by atoms with Crippen molar-refractivity contribution in [1.82, 2.24) is 5.32 Å². The highest BCUT2D eigenvalue weighted by molar-refractivity contribution is 9.09. The number of benzene rings is 1. The maximum atomic E-state index is 12.2. The fourth-order valence-corrected chi connectivity index (χ4v) is 2.37. The van der Waals surface area contributed by atoms with Crippen LogP contribution in [0.2, 0.25) is 0 Å². The van der Waals surface area contributed by atoms with Gasteiger partial charge in [0, 0.05) is 17.4 Å². The van der Waals surface area contributed by atoms with E-state index in [0.717, 1.165) is 11.8 Å². The van der Waals surface area contributed by atoms with E-state index in [4.69, 9.17) is 4.74 Å². The molecule has 1 atom stereocenters. The van der Waals surface area contributed by atoms with Gasteiger partial charge in [-0.1, -0.05) is 22.0 Å². The lowest BCUT2D eigenvalue weighted by Crippen LogP contribution is -2.33. The smallest absolute Gasteiger partial charge is 0.311 e. The van der Waals surface area contributed by atoms with Gasteiger partial charge in [0.25, 0.3) is 5.91 Å². The van der Waals surface area contributed by atoms with E-state index in [1.54, 1.807) is 6.92 Å². The third-order valence-electron chi connectivity index (χ3n) is 2.64. The summed E-state index contributed by atoms with van der Waals surface area (Å²) in [5.41, 5.74) is -0.0184. The average Bonchev–Trinajstić information content (AvgIpc) is 2.39. The van der Waals surface area contributed by atoms with Gasteiger partial charge in [-0.05, 0) is 26.3 Å². The van der Waals surface area contributed by atoms with Crippen LogP contribution in [0.5, 0.6) is 5.75 Å². The molecule has 0 saturated carbocycles. The number of nitro benzene ring substituents is 1. The van der Waals surface area contributed by atoms with Gasteiger partial charge in [-0.2, -0.15) is 0 Å². The van der Waals surface area contributed by atoms with Gasteiger partial charge < -0.3 is 10.1 Å². The summed E-state index contributed by atoms with van der Waals surface area (Å²) >= 11 is 3.30. The number of nitrogens with one attached hydrogen (secondary N) is 1. The molecule has 0 aliphatic carbocycles. The van der Waals surface area contributed by atoms with Crippen molar-refractivity contribution < 1.29 is 14.5 Å². The zero-order chi connectivity index (χ0) is 15.1. The number of carbonyl (C=O) groups excluding carboxylic acids is 1. The quantitative estimate of drug-likeness (QED) is 0.468. The van der Waals surface area contributed by atoms with Gasteiger partial charge in [0.2, 0.25) is 5.75 Å². The molecule has 1 rings (SSSR count). The van der Waals surface area contributed by atoms with Crippen LogP contribution in [0.3, 0.4) is 0 Å². The van der Waals surface area contributed by atoms with Crippen LogP contribution in [0.4, 0.5) is 5.69 Å². The summed E-state index contributed by atoms with van der Waals surface area (Å²) in [4.78, 5) is 22.6. The van der Waals surface area contributed by atoms with Crippen LogP contribution >= 0.6 is 15.9 Å². The molecule has 1 aromatic carbocycles. The molecule has 1 unspecified atom stereocenters. The van der Waals surface area contributed by atoms with Gasteiger partial charge >= 0.3 is 5.69 Å². The standard InChI is InChI=1S/C13H17BrN2O4/c1-3-20-12-10(5-4-6-11(12)16(18)19)13(17)15-9(2)7-8-14/h4-6,9H,3,7-8H2,1-2H3,(H,15,17). The third kappa shape index (κ3) is 4.19. The predicted molar refractivity (Wildman–Crippen MR) is 79.6 cm³/mol. The van der Waals surface area contributed by atoms with Gasteiger partial charge in [0.15, 0.2) is 0 Å². The number of carbonyl (C=O) groups is 1. The first kappa shape index (κ1) is 16.4. The fourth-order valence-electron chi connectivity index (χ4n) is 1.68. The summed E-state index contributed by atoms with van der Waals surface area (Å²) in [6.07, 6.45) is 0.768. The van der Waals surface area contributed by atoms with Gasteiger partial charge in [0.1, 0.15) is 0 Å². The first-order chi connectivity index (χ1) is 9.51. The lowest BCUT2D eigenvalue weighted by molar-refractivity contribution is -0.385. The number of ether oxygens (including phenoxy) is 1. The van der Waals surface area contributed by atoms with E-state index in [1.165, 1.54) is 18.2 Å². The minimum Gasteiger partial charge on any atom is -0.487 e. The summed E-state index contributed by atoms with van der Waals surface area (Å²) < 4.78 is 5.28. The van der Waals surface area contributed by atoms with Crippen molar-refractivity contribution in [3.8, 4) is 5.75 Å². The van der Waals surface area contributed by atoms with Crippen molar-refractivity contribution in [1.29, 1.82) is 0 Å². The number of nitro groups is 1. The largest absolute Gasteiger partial charge is 0.487 e. The molecule has 0 saturated heterocycles. The zero-order valence-electron chi connectivity index (χ0n) is 11.4. The number of amides is 1. The Hall–Kier alpha value is -1.63. The van der Waals surface area contributed by atoms with Crippen LogP contribution in [-0.2, 0) is 0 Å². The molecular weight excluding hydrogens is 328 g/mol. The molecule has 20 heavy (non-hydrogen) atoms. The molecule has 0 heterocycles. The minimum absolute atomic E-state index is 0.0172. The monoisotopic (exact) mass is 344 g/mol. The SMILES string of the molecule is CCOc1c(C(=O)NC(C)CCBr)cccc1[N+](=O)[O-]. The molecule has 0 bridgehead atoms. The van der Waals surface area contributed by atoms with Crippen molar-refractivity contribution in [3.63, 3.8) is 0 Å². The summed E-state index contributed by atoms with van der Waals surface area (Å²) in [5.74, 6) is -0.353. The van der Waals surface area contributed by atoms with Gasteiger partial charge in [-0.3, -0.25) is 14.9 Å². The van der Waals surface area contributed by atoms with Crippen LogP contribution in [0, 0.1) is 10.1 Å². The van der Waals surface area contributed by atoms with Gasteiger partial charge in [-0.25, -0.2) is 0 Å². The molecule has 1 N–H and O–H groups in total. The number of halogens is 1. The van der Waals surface area contributed by atoms with E-state index in [-0.39, 0.29) is 35.6 Å². The highest BCUT2D eigenvalue weighted by Crippen LogP contribution is 2.31. The Bertz CT molecular complexity index is 493. The Kier molecular flexibility index (Phi) is 6.44. The first-order valence-electron chi connectivity index (χ1n) is 6.28. The number of hydrogen-bond acceptors (Lipinski definition) is 4. The van der Waals surface area contributed by atoms with Crippen LogP contribution in [-0.4, -0.2) is 28.8 Å². The highest BCUT2D eigenvalue weighted by Gasteiger charge is 2.23. The molecule has 0 spiro atoms. The lowest BCUT2D eigenvalue weighted by atomic mass is 10.1. The molecule has 0 aliphatic heterocycles. The van der Waals surface area contributed by atoms with Gasteiger partial charge in [0.05, 0.1) is 17.1 Å². The zero-order valence-corrected chi connectivity index (χ0v) is 13.0. The second-order valence-corrected chi connectivity index (χ2v) is 4.99. The van der Waals surface area contributed by atoms with Crippen LogP contribution in [0.1, 0.15) is 30.6 Å². The number of para-hydroxylation sites is 1. The van der Waals surface area contributed by atoms with E-state index in [2.05, 4.69) is 21.2 Å². The number of alkyl halides is 1. The van der Waals surface area contributed by atoms with Crippen LogP contribution in [0.15, 0.2) is 18.2 Å². The lowest BCUT2D eigenvalue weighted by Gasteiger charge is -2.14. The van der Waals surface area contributed by atoms with Crippen molar-refractivity contribution in [3.05, 3.63) is 33.9 Å². The van der Waals surface area contributed by atoms with Crippen LogP contribution < -0.4 is 10.1 Å². The van der Waals surface area contributed by atoms with Crippen LogP contribution in [0.25, 0.3) is 0 Å². The molecule has 7 heteroatoms. The van der Waals surface area contributed by atoms with E-state index in [0.29, 0.717) is 0 Å². The van der Waals surface area contributed by atoms with Crippen molar-refractivity contribution in [2.75, 3.05) is 11.9 Å². The van der Waals surface area contributed by atoms with E-state index in [9.17, 15) is 14.9 Å². The average molecular weight is 345 g/mol. The maximum absolute atomic E-state index is 12.2. The molecule has 0 radical (unpaired) electrons.